The molecule has 2 fully saturated rings. The highest BCUT2D eigenvalue weighted by Crippen LogP contribution is 2.37. The van der Waals surface area contributed by atoms with E-state index in [1.54, 1.807) is 13.8 Å². The minimum Gasteiger partial charge on any atom is -0.465 e. The van der Waals surface area contributed by atoms with E-state index in [4.69, 9.17) is 18.9 Å². The summed E-state index contributed by atoms with van der Waals surface area (Å²) in [5.41, 5.74) is 0. The van der Waals surface area contributed by atoms with Crippen LogP contribution in [0, 0.1) is 11.8 Å². The first kappa shape index (κ1) is 15.2. The van der Waals surface area contributed by atoms with Crippen LogP contribution in [0.4, 0.5) is 0 Å². The molecule has 4 atom stereocenters. The van der Waals surface area contributed by atoms with E-state index in [9.17, 15) is 14.7 Å². The fourth-order valence-corrected chi connectivity index (χ4v) is 2.67. The maximum Gasteiger partial charge on any atom is 0.320 e. The van der Waals surface area contributed by atoms with Crippen LogP contribution in [-0.4, -0.2) is 55.4 Å². The van der Waals surface area contributed by atoms with Gasteiger partial charge in [-0.3, -0.25) is 9.59 Å². The molecule has 2 saturated heterocycles. The van der Waals surface area contributed by atoms with Crippen molar-refractivity contribution in [3.63, 3.8) is 0 Å². The third-order valence-corrected chi connectivity index (χ3v) is 3.55. The van der Waals surface area contributed by atoms with Gasteiger partial charge in [-0.25, -0.2) is 0 Å². The number of carbonyl (C=O) groups excluding carboxylic acids is 2. The molecule has 0 aromatic heterocycles. The molecule has 2 bridgehead atoms. The highest BCUT2D eigenvalue weighted by Gasteiger charge is 2.51. The summed E-state index contributed by atoms with van der Waals surface area (Å²) in [6.45, 7) is 3.94. The fraction of sp³-hybridized carbons (Fsp3) is 0.846. The van der Waals surface area contributed by atoms with E-state index in [0.717, 1.165) is 0 Å². The summed E-state index contributed by atoms with van der Waals surface area (Å²) in [5, 5.41) is 9.88. The minimum atomic E-state index is -1.09. The molecule has 2 heterocycles. The van der Waals surface area contributed by atoms with E-state index in [2.05, 4.69) is 0 Å². The Morgan fingerprint density at radius 2 is 1.85 bits per heavy atom. The smallest absolute Gasteiger partial charge is 0.320 e. The number of ether oxygens (including phenoxy) is 4. The Morgan fingerprint density at radius 3 is 2.40 bits per heavy atom. The van der Waals surface area contributed by atoms with Gasteiger partial charge in [0.1, 0.15) is 6.10 Å². The van der Waals surface area contributed by atoms with Gasteiger partial charge < -0.3 is 24.1 Å². The molecule has 0 aromatic carbocycles. The minimum absolute atomic E-state index is 0.175. The summed E-state index contributed by atoms with van der Waals surface area (Å²) in [6, 6.07) is 0. The number of aliphatic hydroxyl groups is 1. The summed E-state index contributed by atoms with van der Waals surface area (Å²) < 4.78 is 20.6. The van der Waals surface area contributed by atoms with Gasteiger partial charge in [-0.05, 0) is 20.3 Å². The first-order valence-corrected chi connectivity index (χ1v) is 6.86. The third-order valence-electron chi connectivity index (χ3n) is 3.55. The zero-order valence-electron chi connectivity index (χ0n) is 11.6. The lowest BCUT2D eigenvalue weighted by molar-refractivity contribution is -0.188. The lowest BCUT2D eigenvalue weighted by atomic mass is 9.82. The highest BCUT2D eigenvalue weighted by molar-refractivity contribution is 5.95. The van der Waals surface area contributed by atoms with Crippen LogP contribution in [0.2, 0.25) is 0 Å². The van der Waals surface area contributed by atoms with Crippen molar-refractivity contribution in [2.75, 3.05) is 19.8 Å². The molecule has 0 radical (unpaired) electrons. The van der Waals surface area contributed by atoms with Gasteiger partial charge in [-0.1, -0.05) is 0 Å². The second kappa shape index (κ2) is 6.51. The number of hydrogen-bond acceptors (Lipinski definition) is 7. The number of aliphatic hydroxyl groups excluding tert-OH is 1. The predicted octanol–water partition coefficient (Wildman–Crippen LogP) is -0.149. The van der Waals surface area contributed by atoms with Gasteiger partial charge in [0.2, 0.25) is 0 Å². The molecule has 7 heteroatoms. The van der Waals surface area contributed by atoms with E-state index in [1.165, 1.54) is 0 Å². The molecule has 0 spiro atoms. The molecule has 0 aromatic rings. The van der Waals surface area contributed by atoms with Crippen molar-refractivity contribution >= 4 is 11.9 Å². The predicted molar refractivity (Wildman–Crippen MR) is 65.5 cm³/mol. The number of hydrogen-bond donors (Lipinski definition) is 1. The summed E-state index contributed by atoms with van der Waals surface area (Å²) in [7, 11) is 0. The Kier molecular flexibility index (Phi) is 4.95. The largest absolute Gasteiger partial charge is 0.465 e. The van der Waals surface area contributed by atoms with Crippen LogP contribution >= 0.6 is 0 Å². The molecule has 2 aliphatic rings. The lowest BCUT2D eigenvalue weighted by Crippen LogP contribution is -2.47. The van der Waals surface area contributed by atoms with Crippen LogP contribution in [0.1, 0.15) is 20.3 Å². The van der Waals surface area contributed by atoms with Gasteiger partial charge in [0.15, 0.2) is 12.2 Å². The Bertz CT molecular complexity index is 352. The molecule has 1 N–H and O–H groups in total. The molecule has 7 nitrogen and oxygen atoms in total. The van der Waals surface area contributed by atoms with E-state index in [1.807, 2.05) is 0 Å². The highest BCUT2D eigenvalue weighted by atomic mass is 16.7. The van der Waals surface area contributed by atoms with Crippen molar-refractivity contribution in [2.24, 2.45) is 11.8 Å². The van der Waals surface area contributed by atoms with Crippen molar-refractivity contribution < 1.29 is 33.6 Å². The van der Waals surface area contributed by atoms with Crippen molar-refractivity contribution in [1.82, 2.24) is 0 Å². The Morgan fingerprint density at radius 1 is 1.25 bits per heavy atom. The fourth-order valence-electron chi connectivity index (χ4n) is 2.67. The Labute approximate surface area is 117 Å². The summed E-state index contributed by atoms with van der Waals surface area (Å²) >= 11 is 0. The molecule has 0 aliphatic carbocycles. The average molecular weight is 288 g/mol. The van der Waals surface area contributed by atoms with Crippen molar-refractivity contribution in [3.05, 3.63) is 0 Å². The zero-order valence-corrected chi connectivity index (χ0v) is 11.6. The second-order valence-corrected chi connectivity index (χ2v) is 4.82. The standard InChI is InChI=1S/C13H20O7/c1-3-17-11(15)10(12(16)18-4-2)7-5-8(14)13-19-6-9(7)20-13/h7-10,13-14H,3-6H2,1-2H3/t7-,8-,9+,13+/m0/s1. The van der Waals surface area contributed by atoms with E-state index >= 15 is 0 Å². The molecule has 0 amide bonds. The third kappa shape index (κ3) is 2.94. The maximum atomic E-state index is 12.0. The van der Waals surface area contributed by atoms with Crippen LogP contribution in [0.25, 0.3) is 0 Å². The molecule has 2 aliphatic heterocycles. The first-order valence-electron chi connectivity index (χ1n) is 6.86. The number of carbonyl (C=O) groups is 2. The van der Waals surface area contributed by atoms with Crippen molar-refractivity contribution in [3.8, 4) is 0 Å². The quantitative estimate of drug-likeness (QED) is 0.555. The summed E-state index contributed by atoms with van der Waals surface area (Å²) in [5.74, 6) is -2.87. The summed E-state index contributed by atoms with van der Waals surface area (Å²) in [6.07, 6.45) is -1.67. The van der Waals surface area contributed by atoms with Crippen molar-refractivity contribution in [1.29, 1.82) is 0 Å². The molecule has 0 unspecified atom stereocenters. The number of rotatable bonds is 5. The molecule has 2 rings (SSSR count). The van der Waals surface area contributed by atoms with Gasteiger partial charge in [0.25, 0.3) is 0 Å². The van der Waals surface area contributed by atoms with E-state index in [-0.39, 0.29) is 26.2 Å². The number of fused-ring (bicyclic) bond motifs is 2. The van der Waals surface area contributed by atoms with Crippen LogP contribution < -0.4 is 0 Å². The first-order chi connectivity index (χ1) is 9.58. The molecular weight excluding hydrogens is 268 g/mol. The van der Waals surface area contributed by atoms with Crippen LogP contribution in [0.3, 0.4) is 0 Å². The second-order valence-electron chi connectivity index (χ2n) is 4.82. The monoisotopic (exact) mass is 288 g/mol. The van der Waals surface area contributed by atoms with E-state index < -0.39 is 42.3 Å². The average Bonchev–Trinajstić information content (AvgIpc) is 2.82. The van der Waals surface area contributed by atoms with Gasteiger partial charge in [-0.2, -0.15) is 0 Å². The topological polar surface area (TPSA) is 91.3 Å². The van der Waals surface area contributed by atoms with Crippen molar-refractivity contribution in [2.45, 2.75) is 38.8 Å². The van der Waals surface area contributed by atoms with E-state index in [0.29, 0.717) is 0 Å². The SMILES string of the molecule is CCOC(=O)C(C(=O)OCC)[C@H]1C[C@H](O)[C@@H]2OC[C@H]1O2. The molecule has 114 valence electrons. The Hall–Kier alpha value is -1.18. The number of esters is 2. The zero-order chi connectivity index (χ0) is 14.7. The van der Waals surface area contributed by atoms with Crippen LogP contribution in [-0.2, 0) is 28.5 Å². The van der Waals surface area contributed by atoms with Gasteiger partial charge >= 0.3 is 11.9 Å². The summed E-state index contributed by atoms with van der Waals surface area (Å²) in [4.78, 5) is 24.1. The molecule has 0 saturated carbocycles. The van der Waals surface area contributed by atoms with Crippen LogP contribution in [0.5, 0.6) is 0 Å². The van der Waals surface area contributed by atoms with Gasteiger partial charge in [0, 0.05) is 5.92 Å². The normalized spacial score (nSPS) is 32.2. The lowest BCUT2D eigenvalue weighted by Gasteiger charge is -2.33. The Balaban J connectivity index is 2.16. The molecule has 20 heavy (non-hydrogen) atoms. The van der Waals surface area contributed by atoms with Crippen LogP contribution in [0.15, 0.2) is 0 Å². The van der Waals surface area contributed by atoms with Gasteiger partial charge in [0.05, 0.1) is 25.9 Å². The van der Waals surface area contributed by atoms with Gasteiger partial charge in [-0.15, -0.1) is 0 Å². The molecular formula is C13H20O7. The maximum absolute atomic E-state index is 12.0.